The Labute approximate surface area is 205 Å². The summed E-state index contributed by atoms with van der Waals surface area (Å²) in [5, 5.41) is 3.50. The number of rotatable bonds is 11. The zero-order valence-corrected chi connectivity index (χ0v) is 20.3. The first kappa shape index (κ1) is 24.9. The van der Waals surface area contributed by atoms with Gasteiger partial charge in [-0.25, -0.2) is 0 Å². The number of likely N-dealkylation sites (N-methyl/N-ethyl adjacent to an activating group) is 1. The van der Waals surface area contributed by atoms with Crippen LogP contribution in [0, 0.1) is 0 Å². The molecule has 0 bridgehead atoms. The normalized spacial score (nSPS) is 11.6. The van der Waals surface area contributed by atoms with E-state index < -0.39 is 6.04 Å². The molecular formula is C27H29ClN2O2S. The van der Waals surface area contributed by atoms with E-state index in [1.807, 2.05) is 91.9 Å². The minimum Gasteiger partial charge on any atom is -0.355 e. The summed E-state index contributed by atoms with van der Waals surface area (Å²) in [4.78, 5) is 28.3. The van der Waals surface area contributed by atoms with Crippen molar-refractivity contribution in [1.82, 2.24) is 10.2 Å². The maximum atomic E-state index is 13.5. The third-order valence-corrected chi connectivity index (χ3v) is 6.61. The van der Waals surface area contributed by atoms with Crippen molar-refractivity contribution in [2.75, 3.05) is 12.3 Å². The molecule has 6 heteroatoms. The summed E-state index contributed by atoms with van der Waals surface area (Å²) < 4.78 is 0. The van der Waals surface area contributed by atoms with Gasteiger partial charge in [-0.05, 0) is 29.7 Å². The Hall–Kier alpha value is -2.76. The van der Waals surface area contributed by atoms with Gasteiger partial charge >= 0.3 is 0 Å². The van der Waals surface area contributed by atoms with Crippen molar-refractivity contribution < 1.29 is 9.59 Å². The van der Waals surface area contributed by atoms with Gasteiger partial charge < -0.3 is 10.2 Å². The summed E-state index contributed by atoms with van der Waals surface area (Å²) in [5.74, 6) is 0.777. The molecule has 0 aliphatic heterocycles. The standard InChI is InChI=1S/C27H29ClN2O2S/c1-2-29-27(32)25(17-21-11-5-3-6-12-21)30(18-23-15-9-10-16-24(23)28)26(31)20-33-19-22-13-7-4-8-14-22/h3-16,25H,2,17-20H2,1H3,(H,29,32). The third-order valence-electron chi connectivity index (χ3n) is 5.26. The molecule has 0 aromatic heterocycles. The predicted octanol–water partition coefficient (Wildman–Crippen LogP) is 5.35. The molecule has 0 aliphatic carbocycles. The summed E-state index contributed by atoms with van der Waals surface area (Å²) in [7, 11) is 0. The molecule has 3 aromatic rings. The van der Waals surface area contributed by atoms with Gasteiger partial charge in [-0.1, -0.05) is 90.5 Å². The number of carbonyl (C=O) groups excluding carboxylic acids is 2. The fraction of sp³-hybridized carbons (Fsp3) is 0.259. The molecule has 0 aliphatic rings. The van der Waals surface area contributed by atoms with Crippen LogP contribution in [-0.2, 0) is 28.3 Å². The van der Waals surface area contributed by atoms with E-state index in [4.69, 9.17) is 11.6 Å². The monoisotopic (exact) mass is 480 g/mol. The van der Waals surface area contributed by atoms with Crippen LogP contribution in [0.1, 0.15) is 23.6 Å². The average Bonchev–Trinajstić information content (AvgIpc) is 2.84. The molecule has 0 heterocycles. The number of hydrogen-bond donors (Lipinski definition) is 1. The smallest absolute Gasteiger partial charge is 0.243 e. The highest BCUT2D eigenvalue weighted by atomic mass is 35.5. The topological polar surface area (TPSA) is 49.4 Å². The van der Waals surface area contributed by atoms with Gasteiger partial charge in [0.2, 0.25) is 11.8 Å². The summed E-state index contributed by atoms with van der Waals surface area (Å²) in [6.07, 6.45) is 0.437. The number of halogens is 1. The van der Waals surface area contributed by atoms with Crippen molar-refractivity contribution in [1.29, 1.82) is 0 Å². The van der Waals surface area contributed by atoms with E-state index in [-0.39, 0.29) is 24.1 Å². The second-order valence-electron chi connectivity index (χ2n) is 7.69. The first-order chi connectivity index (χ1) is 16.1. The molecule has 172 valence electrons. The highest BCUT2D eigenvalue weighted by Crippen LogP contribution is 2.22. The van der Waals surface area contributed by atoms with Crippen LogP contribution in [0.5, 0.6) is 0 Å². The van der Waals surface area contributed by atoms with Crippen LogP contribution in [0.2, 0.25) is 5.02 Å². The summed E-state index contributed by atoms with van der Waals surface area (Å²) in [5.41, 5.74) is 2.99. The largest absolute Gasteiger partial charge is 0.355 e. The van der Waals surface area contributed by atoms with Crippen LogP contribution in [-0.4, -0.2) is 35.1 Å². The molecule has 0 saturated heterocycles. The maximum Gasteiger partial charge on any atom is 0.243 e. The number of carbonyl (C=O) groups is 2. The molecule has 0 spiro atoms. The minimum atomic E-state index is -0.631. The van der Waals surface area contributed by atoms with E-state index in [2.05, 4.69) is 5.32 Å². The van der Waals surface area contributed by atoms with Gasteiger partial charge in [0.15, 0.2) is 0 Å². The fourth-order valence-electron chi connectivity index (χ4n) is 3.57. The highest BCUT2D eigenvalue weighted by molar-refractivity contribution is 7.99. The van der Waals surface area contributed by atoms with E-state index in [0.29, 0.717) is 18.0 Å². The Morgan fingerprint density at radius 2 is 1.52 bits per heavy atom. The zero-order chi connectivity index (χ0) is 23.5. The summed E-state index contributed by atoms with van der Waals surface area (Å²) in [6, 6.07) is 26.7. The lowest BCUT2D eigenvalue weighted by molar-refractivity contribution is -0.139. The first-order valence-corrected chi connectivity index (χ1v) is 12.6. The molecule has 0 fully saturated rings. The third kappa shape index (κ3) is 7.65. The lowest BCUT2D eigenvalue weighted by Crippen LogP contribution is -2.51. The number of nitrogens with one attached hydrogen (secondary N) is 1. The van der Waals surface area contributed by atoms with Gasteiger partial charge in [0.1, 0.15) is 6.04 Å². The Balaban J connectivity index is 1.84. The molecule has 1 unspecified atom stereocenters. The molecule has 1 N–H and O–H groups in total. The Bertz CT molecular complexity index is 1030. The van der Waals surface area contributed by atoms with E-state index in [1.165, 1.54) is 0 Å². The van der Waals surface area contributed by atoms with E-state index >= 15 is 0 Å². The zero-order valence-electron chi connectivity index (χ0n) is 18.7. The number of hydrogen-bond acceptors (Lipinski definition) is 3. The van der Waals surface area contributed by atoms with Crippen LogP contribution in [0.4, 0.5) is 0 Å². The molecule has 4 nitrogen and oxygen atoms in total. The van der Waals surface area contributed by atoms with E-state index in [1.54, 1.807) is 16.7 Å². The van der Waals surface area contributed by atoms with E-state index in [0.717, 1.165) is 22.4 Å². The van der Waals surface area contributed by atoms with Crippen LogP contribution >= 0.6 is 23.4 Å². The first-order valence-electron chi connectivity index (χ1n) is 11.0. The Morgan fingerprint density at radius 1 is 0.909 bits per heavy atom. The second-order valence-corrected chi connectivity index (χ2v) is 9.08. The van der Waals surface area contributed by atoms with Gasteiger partial charge in [-0.15, -0.1) is 11.8 Å². The van der Waals surface area contributed by atoms with Gasteiger partial charge in [0.25, 0.3) is 0 Å². The molecule has 0 radical (unpaired) electrons. The van der Waals surface area contributed by atoms with Crippen molar-refractivity contribution in [2.24, 2.45) is 0 Å². The number of thioether (sulfide) groups is 1. The van der Waals surface area contributed by atoms with Crippen molar-refractivity contribution in [3.8, 4) is 0 Å². The summed E-state index contributed by atoms with van der Waals surface area (Å²) in [6.45, 7) is 2.66. The average molecular weight is 481 g/mol. The SMILES string of the molecule is CCNC(=O)C(Cc1ccccc1)N(Cc1ccccc1Cl)C(=O)CSCc1ccccc1. The molecule has 33 heavy (non-hydrogen) atoms. The van der Waals surface area contributed by atoms with Gasteiger partial charge in [0.05, 0.1) is 5.75 Å². The number of amides is 2. The molecule has 2 amide bonds. The quantitative estimate of drug-likeness (QED) is 0.402. The van der Waals surface area contributed by atoms with Crippen molar-refractivity contribution in [3.05, 3.63) is 107 Å². The van der Waals surface area contributed by atoms with Crippen LogP contribution < -0.4 is 5.32 Å². The molecule has 1 atom stereocenters. The second kappa shape index (κ2) is 13.1. The minimum absolute atomic E-state index is 0.0805. The van der Waals surface area contributed by atoms with E-state index in [9.17, 15) is 9.59 Å². The van der Waals surface area contributed by atoms with Crippen molar-refractivity contribution >= 4 is 35.2 Å². The van der Waals surface area contributed by atoms with Crippen LogP contribution in [0.25, 0.3) is 0 Å². The number of nitrogens with zero attached hydrogens (tertiary/aromatic N) is 1. The molecule has 3 rings (SSSR count). The summed E-state index contributed by atoms with van der Waals surface area (Å²) >= 11 is 7.97. The van der Waals surface area contributed by atoms with Crippen LogP contribution in [0.15, 0.2) is 84.9 Å². The van der Waals surface area contributed by atoms with Gasteiger partial charge in [-0.3, -0.25) is 9.59 Å². The lowest BCUT2D eigenvalue weighted by atomic mass is 10.0. The molecular weight excluding hydrogens is 452 g/mol. The van der Waals surface area contributed by atoms with Crippen molar-refractivity contribution in [3.63, 3.8) is 0 Å². The van der Waals surface area contributed by atoms with Gasteiger partial charge in [0, 0.05) is 30.3 Å². The Morgan fingerprint density at radius 3 is 2.15 bits per heavy atom. The van der Waals surface area contributed by atoms with Gasteiger partial charge in [-0.2, -0.15) is 0 Å². The number of benzene rings is 3. The lowest BCUT2D eigenvalue weighted by Gasteiger charge is -2.31. The van der Waals surface area contributed by atoms with Crippen molar-refractivity contribution in [2.45, 2.75) is 31.7 Å². The predicted molar refractivity (Wildman–Crippen MR) is 137 cm³/mol. The maximum absolute atomic E-state index is 13.5. The van der Waals surface area contributed by atoms with Crippen LogP contribution in [0.3, 0.4) is 0 Å². The molecule has 0 saturated carbocycles. The fourth-order valence-corrected chi connectivity index (χ4v) is 4.64. The Kier molecular flexibility index (Phi) is 9.85. The highest BCUT2D eigenvalue weighted by Gasteiger charge is 2.30. The molecule has 3 aromatic carbocycles.